The van der Waals surface area contributed by atoms with Gasteiger partial charge in [0.1, 0.15) is 5.82 Å². The third kappa shape index (κ3) is 4.44. The quantitative estimate of drug-likeness (QED) is 0.832. The number of piperidine rings is 1. The van der Waals surface area contributed by atoms with E-state index in [1.165, 1.54) is 25.9 Å². The average molecular weight is 353 g/mol. The molecule has 0 radical (unpaired) electrons. The number of alkyl halides is 2. The first-order chi connectivity index (χ1) is 11.9. The lowest BCUT2D eigenvalue weighted by Crippen LogP contribution is -2.54. The molecule has 0 bridgehead atoms. The molecule has 140 valence electrons. The number of aromatic nitrogens is 2. The minimum Gasteiger partial charge on any atom is -0.354 e. The Morgan fingerprint density at radius 1 is 1.00 bits per heavy atom. The van der Waals surface area contributed by atoms with E-state index in [0.29, 0.717) is 23.6 Å². The Bertz CT molecular complexity index is 565. The first-order valence-electron chi connectivity index (χ1n) is 9.31. The Balaban J connectivity index is 1.56. The molecule has 0 N–H and O–H groups in total. The number of aryl methyl sites for hydroxylation is 1. The highest BCUT2D eigenvalue weighted by molar-refractivity contribution is 5.40. The average Bonchev–Trinajstić information content (AvgIpc) is 2.61. The van der Waals surface area contributed by atoms with E-state index in [0.717, 1.165) is 26.2 Å². The van der Waals surface area contributed by atoms with Crippen molar-refractivity contribution in [3.63, 3.8) is 0 Å². The first kappa shape index (κ1) is 18.5. The fourth-order valence-electron chi connectivity index (χ4n) is 3.92. The standard InChI is InChI=1S/C18H29F2N5/c1-13(2)23-6-4-15(5-7-23)24-8-10-25(11-9-24)16-12-14(3)21-18(22-16)17(19)20/h12-13,15,17H,4-11H2,1-3H3. The van der Waals surface area contributed by atoms with Crippen LogP contribution in [0.3, 0.4) is 0 Å². The van der Waals surface area contributed by atoms with Crippen LogP contribution in [0.15, 0.2) is 6.07 Å². The number of hydrogen-bond donors (Lipinski definition) is 0. The fourth-order valence-corrected chi connectivity index (χ4v) is 3.92. The minimum atomic E-state index is -2.62. The molecule has 0 saturated carbocycles. The predicted octanol–water partition coefficient (Wildman–Crippen LogP) is 2.72. The van der Waals surface area contributed by atoms with Crippen molar-refractivity contribution in [2.24, 2.45) is 0 Å². The van der Waals surface area contributed by atoms with E-state index >= 15 is 0 Å². The lowest BCUT2D eigenvalue weighted by atomic mass is 10.0. The number of likely N-dealkylation sites (tertiary alicyclic amines) is 1. The molecule has 0 amide bonds. The number of rotatable bonds is 4. The van der Waals surface area contributed by atoms with E-state index in [1.807, 2.05) is 6.07 Å². The van der Waals surface area contributed by atoms with Gasteiger partial charge >= 0.3 is 0 Å². The molecule has 0 atom stereocenters. The third-order valence-electron chi connectivity index (χ3n) is 5.44. The molecule has 2 saturated heterocycles. The van der Waals surface area contributed by atoms with Gasteiger partial charge in [0.2, 0.25) is 0 Å². The molecule has 1 aromatic heterocycles. The van der Waals surface area contributed by atoms with Crippen LogP contribution in [0.1, 0.15) is 44.6 Å². The van der Waals surface area contributed by atoms with Crippen molar-refractivity contribution in [2.45, 2.75) is 52.1 Å². The number of hydrogen-bond acceptors (Lipinski definition) is 5. The summed E-state index contributed by atoms with van der Waals surface area (Å²) >= 11 is 0. The summed E-state index contributed by atoms with van der Waals surface area (Å²) in [6.45, 7) is 12.2. The van der Waals surface area contributed by atoms with Gasteiger partial charge in [0.25, 0.3) is 6.43 Å². The maximum atomic E-state index is 12.9. The molecule has 2 aliphatic heterocycles. The van der Waals surface area contributed by atoms with Crippen LogP contribution in [0.5, 0.6) is 0 Å². The lowest BCUT2D eigenvalue weighted by Gasteiger charge is -2.43. The van der Waals surface area contributed by atoms with Gasteiger partial charge in [-0.2, -0.15) is 0 Å². The van der Waals surface area contributed by atoms with Crippen molar-refractivity contribution in [2.75, 3.05) is 44.2 Å². The molecule has 2 aliphatic rings. The molecular formula is C18H29F2N5. The van der Waals surface area contributed by atoms with E-state index in [9.17, 15) is 8.78 Å². The van der Waals surface area contributed by atoms with Gasteiger partial charge in [0.15, 0.2) is 5.82 Å². The molecule has 7 heteroatoms. The second-order valence-corrected chi connectivity index (χ2v) is 7.41. The van der Waals surface area contributed by atoms with E-state index in [4.69, 9.17) is 0 Å². The summed E-state index contributed by atoms with van der Waals surface area (Å²) in [6.07, 6.45) is -0.174. The summed E-state index contributed by atoms with van der Waals surface area (Å²) in [4.78, 5) is 15.1. The number of halogens is 2. The van der Waals surface area contributed by atoms with Crippen LogP contribution >= 0.6 is 0 Å². The maximum Gasteiger partial charge on any atom is 0.297 e. The molecule has 0 spiro atoms. The molecule has 0 aromatic carbocycles. The number of piperazine rings is 1. The second-order valence-electron chi connectivity index (χ2n) is 7.41. The Labute approximate surface area is 149 Å². The Morgan fingerprint density at radius 3 is 2.20 bits per heavy atom. The summed E-state index contributed by atoms with van der Waals surface area (Å²) in [6, 6.07) is 3.09. The molecule has 3 heterocycles. The molecule has 1 aromatic rings. The van der Waals surface area contributed by atoms with E-state index < -0.39 is 6.43 Å². The molecule has 25 heavy (non-hydrogen) atoms. The smallest absolute Gasteiger partial charge is 0.297 e. The predicted molar refractivity (Wildman–Crippen MR) is 95.2 cm³/mol. The highest BCUT2D eigenvalue weighted by Gasteiger charge is 2.28. The van der Waals surface area contributed by atoms with Gasteiger partial charge in [-0.05, 0) is 46.7 Å². The fraction of sp³-hybridized carbons (Fsp3) is 0.778. The van der Waals surface area contributed by atoms with Crippen LogP contribution < -0.4 is 4.90 Å². The van der Waals surface area contributed by atoms with Crippen LogP contribution in [-0.2, 0) is 0 Å². The van der Waals surface area contributed by atoms with E-state index in [1.54, 1.807) is 6.92 Å². The topological polar surface area (TPSA) is 35.5 Å². The second kappa shape index (κ2) is 7.91. The number of anilines is 1. The zero-order valence-corrected chi connectivity index (χ0v) is 15.5. The van der Waals surface area contributed by atoms with Crippen molar-refractivity contribution in [3.05, 3.63) is 17.6 Å². The summed E-state index contributed by atoms with van der Waals surface area (Å²) in [5, 5.41) is 0. The van der Waals surface area contributed by atoms with Crippen LogP contribution in [0.25, 0.3) is 0 Å². The lowest BCUT2D eigenvalue weighted by molar-refractivity contribution is 0.0881. The van der Waals surface area contributed by atoms with Crippen molar-refractivity contribution in [1.29, 1.82) is 0 Å². The third-order valence-corrected chi connectivity index (χ3v) is 5.44. The molecule has 2 fully saturated rings. The van der Waals surface area contributed by atoms with Crippen LogP contribution in [-0.4, -0.2) is 71.1 Å². The van der Waals surface area contributed by atoms with Crippen molar-refractivity contribution in [3.8, 4) is 0 Å². The van der Waals surface area contributed by atoms with E-state index in [2.05, 4.69) is 38.5 Å². The highest BCUT2D eigenvalue weighted by atomic mass is 19.3. The summed E-state index contributed by atoms with van der Waals surface area (Å²) in [7, 11) is 0. The van der Waals surface area contributed by atoms with Gasteiger partial charge in [-0.3, -0.25) is 4.90 Å². The first-order valence-corrected chi connectivity index (χ1v) is 9.31. The molecular weight excluding hydrogens is 324 g/mol. The van der Waals surface area contributed by atoms with Gasteiger partial charge in [0, 0.05) is 50.0 Å². The Hall–Kier alpha value is -1.34. The van der Waals surface area contributed by atoms with Gasteiger partial charge in [-0.1, -0.05) is 0 Å². The highest BCUT2D eigenvalue weighted by Crippen LogP contribution is 2.23. The molecule has 5 nitrogen and oxygen atoms in total. The van der Waals surface area contributed by atoms with E-state index in [-0.39, 0.29) is 5.82 Å². The van der Waals surface area contributed by atoms with Crippen LogP contribution in [0, 0.1) is 6.92 Å². The van der Waals surface area contributed by atoms with Crippen molar-refractivity contribution >= 4 is 5.82 Å². The SMILES string of the molecule is Cc1cc(N2CCN(C3CCN(C(C)C)CC3)CC2)nc(C(F)F)n1. The molecule has 0 aliphatic carbocycles. The van der Waals surface area contributed by atoms with Crippen molar-refractivity contribution < 1.29 is 8.78 Å². The van der Waals surface area contributed by atoms with Crippen molar-refractivity contribution in [1.82, 2.24) is 19.8 Å². The van der Waals surface area contributed by atoms with Crippen LogP contribution in [0.4, 0.5) is 14.6 Å². The Morgan fingerprint density at radius 2 is 1.64 bits per heavy atom. The monoisotopic (exact) mass is 353 g/mol. The number of nitrogens with zero attached hydrogens (tertiary/aromatic N) is 5. The van der Waals surface area contributed by atoms with Crippen LogP contribution in [0.2, 0.25) is 0 Å². The normalized spacial score (nSPS) is 21.5. The largest absolute Gasteiger partial charge is 0.354 e. The maximum absolute atomic E-state index is 12.9. The Kier molecular flexibility index (Phi) is 5.84. The summed E-state index contributed by atoms with van der Waals surface area (Å²) < 4.78 is 25.9. The zero-order chi connectivity index (χ0) is 18.0. The zero-order valence-electron chi connectivity index (χ0n) is 15.5. The summed E-state index contributed by atoms with van der Waals surface area (Å²) in [5.74, 6) is 0.274. The van der Waals surface area contributed by atoms with Gasteiger partial charge < -0.3 is 9.80 Å². The molecule has 3 rings (SSSR count). The minimum absolute atomic E-state index is 0.363. The van der Waals surface area contributed by atoms with Gasteiger partial charge in [-0.25, -0.2) is 18.7 Å². The van der Waals surface area contributed by atoms with Gasteiger partial charge in [0.05, 0.1) is 0 Å². The van der Waals surface area contributed by atoms with Gasteiger partial charge in [-0.15, -0.1) is 0 Å². The summed E-state index contributed by atoms with van der Waals surface area (Å²) in [5.41, 5.74) is 0.601. The molecule has 0 unspecified atom stereocenters.